The van der Waals surface area contributed by atoms with Crippen LogP contribution in [-0.2, 0) is 6.42 Å². The van der Waals surface area contributed by atoms with Crippen molar-refractivity contribution in [3.8, 4) is 0 Å². The fraction of sp³-hybridized carbons (Fsp3) is 0.857. The number of hydrogen-bond acceptors (Lipinski definition) is 0. The molecule has 1 aromatic rings. The molecule has 1 aromatic carbocycles. The fourth-order valence-electron chi connectivity index (χ4n) is 8.41. The maximum absolute atomic E-state index is 2.37. The molecular formula is C42H76. The maximum atomic E-state index is 2.37. The van der Waals surface area contributed by atoms with Crippen molar-refractivity contribution in [2.45, 2.75) is 207 Å². The minimum atomic E-state index is 1.04. The van der Waals surface area contributed by atoms with Gasteiger partial charge >= 0.3 is 0 Å². The van der Waals surface area contributed by atoms with Crippen LogP contribution in [0.2, 0.25) is 0 Å². The van der Waals surface area contributed by atoms with Crippen LogP contribution in [0.4, 0.5) is 0 Å². The van der Waals surface area contributed by atoms with E-state index in [4.69, 9.17) is 0 Å². The molecular weight excluding hydrogens is 504 g/mol. The third-order valence-corrected chi connectivity index (χ3v) is 11.0. The van der Waals surface area contributed by atoms with E-state index in [0.29, 0.717) is 0 Å². The number of unbranched alkanes of at least 4 members (excludes halogenated alkanes) is 18. The van der Waals surface area contributed by atoms with Crippen molar-refractivity contribution in [3.63, 3.8) is 0 Å². The molecule has 0 nitrogen and oxygen atoms in total. The van der Waals surface area contributed by atoms with E-state index in [1.54, 1.807) is 38.5 Å². The number of hydrogen-bond donors (Lipinski definition) is 0. The molecule has 0 aromatic heterocycles. The average Bonchev–Trinajstić information content (AvgIpc) is 3.01. The molecule has 244 valence electrons. The van der Waals surface area contributed by atoms with E-state index in [0.717, 1.165) is 23.7 Å². The van der Waals surface area contributed by atoms with Gasteiger partial charge in [-0.1, -0.05) is 199 Å². The first-order valence-corrected chi connectivity index (χ1v) is 19.8. The van der Waals surface area contributed by atoms with Crippen LogP contribution < -0.4 is 0 Å². The predicted octanol–water partition coefficient (Wildman–Crippen LogP) is 14.7. The summed E-state index contributed by atoms with van der Waals surface area (Å²) in [4.78, 5) is 0. The van der Waals surface area contributed by atoms with Crippen molar-refractivity contribution in [1.29, 1.82) is 0 Å². The first-order valence-electron chi connectivity index (χ1n) is 19.8. The molecule has 0 heterocycles. The molecule has 0 amide bonds. The molecule has 1 aliphatic rings. The van der Waals surface area contributed by atoms with Gasteiger partial charge in [0.25, 0.3) is 0 Å². The van der Waals surface area contributed by atoms with E-state index in [2.05, 4.69) is 51.1 Å². The zero-order chi connectivity index (χ0) is 29.9. The molecule has 2 rings (SSSR count). The van der Waals surface area contributed by atoms with Crippen molar-refractivity contribution in [2.24, 2.45) is 23.7 Å². The summed E-state index contributed by atoms with van der Waals surface area (Å²) in [6.07, 6.45) is 42.6. The van der Waals surface area contributed by atoms with Gasteiger partial charge in [0, 0.05) is 0 Å². The third-order valence-electron chi connectivity index (χ3n) is 11.0. The zero-order valence-corrected chi connectivity index (χ0v) is 29.2. The van der Waals surface area contributed by atoms with Crippen LogP contribution in [0, 0.1) is 23.7 Å². The van der Waals surface area contributed by atoms with Crippen LogP contribution in [0.15, 0.2) is 30.3 Å². The Morgan fingerprint density at radius 3 is 1.21 bits per heavy atom. The van der Waals surface area contributed by atoms with Gasteiger partial charge in [0.1, 0.15) is 0 Å². The van der Waals surface area contributed by atoms with Gasteiger partial charge in [-0.05, 0) is 67.8 Å². The quantitative estimate of drug-likeness (QED) is 0.0865. The van der Waals surface area contributed by atoms with E-state index in [-0.39, 0.29) is 0 Å². The van der Waals surface area contributed by atoms with Crippen LogP contribution in [0.1, 0.15) is 206 Å². The lowest BCUT2D eigenvalue weighted by Gasteiger charge is -2.44. The topological polar surface area (TPSA) is 0 Å². The highest BCUT2D eigenvalue weighted by Gasteiger charge is 2.37. The van der Waals surface area contributed by atoms with Crippen LogP contribution >= 0.6 is 0 Å². The number of aryl methyl sites for hydroxylation is 1. The summed E-state index contributed by atoms with van der Waals surface area (Å²) in [7, 11) is 0. The van der Waals surface area contributed by atoms with Crippen molar-refractivity contribution in [3.05, 3.63) is 35.9 Å². The molecule has 0 radical (unpaired) electrons. The lowest BCUT2D eigenvalue weighted by atomic mass is 9.61. The molecule has 1 fully saturated rings. The molecule has 1 aliphatic carbocycles. The molecule has 0 heteroatoms. The second kappa shape index (κ2) is 26.6. The lowest BCUT2D eigenvalue weighted by Crippen LogP contribution is -2.35. The third kappa shape index (κ3) is 17.5. The molecule has 0 bridgehead atoms. The summed E-state index contributed by atoms with van der Waals surface area (Å²) in [6.45, 7) is 7.07. The first-order chi connectivity index (χ1) is 20.8. The van der Waals surface area contributed by atoms with E-state index in [1.165, 1.54) is 153 Å². The summed E-state index contributed by atoms with van der Waals surface area (Å²) >= 11 is 0. The smallest absolute Gasteiger partial charge is 0.0279 e. The Bertz CT molecular complexity index is 677. The second-order valence-electron chi connectivity index (χ2n) is 14.5. The van der Waals surface area contributed by atoms with E-state index in [1.807, 2.05) is 0 Å². The molecule has 0 saturated heterocycles. The van der Waals surface area contributed by atoms with Crippen molar-refractivity contribution < 1.29 is 0 Å². The fourth-order valence-corrected chi connectivity index (χ4v) is 8.41. The molecule has 42 heavy (non-hydrogen) atoms. The normalized spacial score (nSPS) is 20.7. The molecule has 0 N–H and O–H groups in total. The molecule has 4 atom stereocenters. The summed E-state index contributed by atoms with van der Waals surface area (Å²) < 4.78 is 0. The Morgan fingerprint density at radius 2 is 0.762 bits per heavy atom. The highest BCUT2D eigenvalue weighted by atomic mass is 14.4. The number of benzene rings is 1. The van der Waals surface area contributed by atoms with Gasteiger partial charge in [0.15, 0.2) is 0 Å². The highest BCUT2D eigenvalue weighted by Crippen LogP contribution is 2.47. The summed E-state index contributed by atoms with van der Waals surface area (Å²) in [5.41, 5.74) is 1.52. The molecule has 1 saturated carbocycles. The molecule has 0 spiro atoms. The summed E-state index contributed by atoms with van der Waals surface area (Å²) in [6, 6.07) is 11.1. The van der Waals surface area contributed by atoms with Crippen molar-refractivity contribution in [2.75, 3.05) is 0 Å². The SMILES string of the molecule is CCCCCCCCC1CCC(CCCCCC)C(CCCCCCCC)C1CCCCCCCCc1ccccc1. The van der Waals surface area contributed by atoms with Crippen LogP contribution in [-0.4, -0.2) is 0 Å². The van der Waals surface area contributed by atoms with Crippen molar-refractivity contribution in [1.82, 2.24) is 0 Å². The Labute approximate surface area is 266 Å². The first kappa shape index (κ1) is 37.4. The summed E-state index contributed by atoms with van der Waals surface area (Å²) in [5.74, 6) is 4.17. The molecule has 4 unspecified atom stereocenters. The predicted molar refractivity (Wildman–Crippen MR) is 190 cm³/mol. The largest absolute Gasteiger partial charge is 0.0654 e. The van der Waals surface area contributed by atoms with Gasteiger partial charge < -0.3 is 0 Å². The Morgan fingerprint density at radius 1 is 0.405 bits per heavy atom. The van der Waals surface area contributed by atoms with Gasteiger partial charge in [0.2, 0.25) is 0 Å². The van der Waals surface area contributed by atoms with Crippen molar-refractivity contribution >= 4 is 0 Å². The minimum absolute atomic E-state index is 1.04. The monoisotopic (exact) mass is 581 g/mol. The second-order valence-corrected chi connectivity index (χ2v) is 14.5. The van der Waals surface area contributed by atoms with Gasteiger partial charge in [-0.3, -0.25) is 0 Å². The van der Waals surface area contributed by atoms with E-state index < -0.39 is 0 Å². The van der Waals surface area contributed by atoms with Gasteiger partial charge in [0.05, 0.1) is 0 Å². The van der Waals surface area contributed by atoms with Crippen LogP contribution in [0.25, 0.3) is 0 Å². The van der Waals surface area contributed by atoms with Crippen LogP contribution in [0.3, 0.4) is 0 Å². The summed E-state index contributed by atoms with van der Waals surface area (Å²) in [5, 5.41) is 0. The molecule has 0 aliphatic heterocycles. The van der Waals surface area contributed by atoms with E-state index in [9.17, 15) is 0 Å². The zero-order valence-electron chi connectivity index (χ0n) is 29.2. The van der Waals surface area contributed by atoms with Gasteiger partial charge in [-0.15, -0.1) is 0 Å². The lowest BCUT2D eigenvalue weighted by molar-refractivity contribution is 0.0581. The number of rotatable bonds is 28. The minimum Gasteiger partial charge on any atom is -0.0654 e. The average molecular weight is 581 g/mol. The Kier molecular flexibility index (Phi) is 23.7. The maximum Gasteiger partial charge on any atom is -0.0279 e. The van der Waals surface area contributed by atoms with Gasteiger partial charge in [-0.25, -0.2) is 0 Å². The highest BCUT2D eigenvalue weighted by molar-refractivity contribution is 5.14. The Hall–Kier alpha value is -0.780. The van der Waals surface area contributed by atoms with E-state index >= 15 is 0 Å². The van der Waals surface area contributed by atoms with Crippen LogP contribution in [0.5, 0.6) is 0 Å². The van der Waals surface area contributed by atoms with Gasteiger partial charge in [-0.2, -0.15) is 0 Å². The standard InChI is InChI=1S/C42H76/c1-4-7-10-13-18-26-33-40-37-36-39(32-25-12-9-6-3)41(34-27-19-14-11-8-5-2)42(40)35-28-20-16-15-17-22-29-38-30-23-21-24-31-38/h21,23-24,30-31,39-42H,4-20,22,25-29,32-37H2,1-3H3. The Balaban J connectivity index is 1.87.